The molecule has 0 spiro atoms. The molecule has 1 saturated heterocycles. The third-order valence-corrected chi connectivity index (χ3v) is 3.84. The van der Waals surface area contributed by atoms with Gasteiger partial charge in [-0.25, -0.2) is 4.39 Å². The molecule has 5 heteroatoms. The predicted octanol–water partition coefficient (Wildman–Crippen LogP) is 3.32. The molecule has 1 aromatic rings. The van der Waals surface area contributed by atoms with Crippen LogP contribution < -0.4 is 0 Å². The normalized spacial score (nSPS) is 15.6. The Morgan fingerprint density at radius 1 is 1.38 bits per heavy atom. The monoisotopic (exact) mass is 353 g/mol. The minimum atomic E-state index is -0.606. The van der Waals surface area contributed by atoms with E-state index in [0.717, 1.165) is 12.8 Å². The molecule has 2 rings (SSSR count). The Kier molecular flexibility index (Phi) is 3.69. The molecule has 0 bridgehead atoms. The van der Waals surface area contributed by atoms with Gasteiger partial charge >= 0.3 is 0 Å². The third kappa shape index (κ3) is 2.18. The fourth-order valence-electron chi connectivity index (χ4n) is 1.80. The summed E-state index contributed by atoms with van der Waals surface area (Å²) < 4.78 is 14.4. The second-order valence-electron chi connectivity index (χ2n) is 3.72. The average molecular weight is 354 g/mol. The predicted molar refractivity (Wildman–Crippen MR) is 69.3 cm³/mol. The summed E-state index contributed by atoms with van der Waals surface area (Å²) in [7, 11) is 0. The van der Waals surface area contributed by atoms with Crippen molar-refractivity contribution in [2.24, 2.45) is 0 Å². The molecule has 1 aliphatic heterocycles. The van der Waals surface area contributed by atoms with Crippen molar-refractivity contribution in [3.63, 3.8) is 0 Å². The zero-order chi connectivity index (χ0) is 11.7. The summed E-state index contributed by atoms with van der Waals surface area (Å²) in [6.07, 6.45) is 1.98. The van der Waals surface area contributed by atoms with Crippen LogP contribution in [-0.4, -0.2) is 23.9 Å². The van der Waals surface area contributed by atoms with Gasteiger partial charge in [-0.1, -0.05) is 11.6 Å². The van der Waals surface area contributed by atoms with E-state index in [2.05, 4.69) is 0 Å². The van der Waals surface area contributed by atoms with E-state index in [1.807, 2.05) is 22.6 Å². The van der Waals surface area contributed by atoms with Crippen LogP contribution in [0.15, 0.2) is 12.1 Å². The maximum Gasteiger partial charge on any atom is 0.257 e. The van der Waals surface area contributed by atoms with Crippen molar-refractivity contribution < 1.29 is 9.18 Å². The van der Waals surface area contributed by atoms with Crippen LogP contribution in [0.5, 0.6) is 0 Å². The van der Waals surface area contributed by atoms with Crippen molar-refractivity contribution in [3.05, 3.63) is 32.1 Å². The highest BCUT2D eigenvalue weighted by atomic mass is 127. The molecule has 0 unspecified atom stereocenters. The summed E-state index contributed by atoms with van der Waals surface area (Å²) in [5.74, 6) is -0.854. The van der Waals surface area contributed by atoms with Gasteiger partial charge in [-0.15, -0.1) is 0 Å². The maximum atomic E-state index is 13.8. The molecule has 0 atom stereocenters. The Morgan fingerprint density at radius 3 is 2.62 bits per heavy atom. The van der Waals surface area contributed by atoms with Gasteiger partial charge in [-0.2, -0.15) is 0 Å². The molecule has 1 amide bonds. The highest BCUT2D eigenvalue weighted by Gasteiger charge is 2.25. The van der Waals surface area contributed by atoms with Crippen LogP contribution in [-0.2, 0) is 0 Å². The molecule has 0 saturated carbocycles. The number of carbonyl (C=O) groups is 1. The van der Waals surface area contributed by atoms with Gasteiger partial charge in [0.15, 0.2) is 5.82 Å². The number of likely N-dealkylation sites (tertiary alicyclic amines) is 1. The van der Waals surface area contributed by atoms with E-state index in [4.69, 9.17) is 11.6 Å². The second-order valence-corrected chi connectivity index (χ2v) is 5.29. The van der Waals surface area contributed by atoms with E-state index in [1.54, 1.807) is 11.0 Å². The van der Waals surface area contributed by atoms with Crippen LogP contribution in [0.4, 0.5) is 4.39 Å². The number of benzene rings is 1. The molecule has 0 aliphatic carbocycles. The van der Waals surface area contributed by atoms with Gasteiger partial charge < -0.3 is 4.90 Å². The van der Waals surface area contributed by atoms with E-state index in [1.165, 1.54) is 6.07 Å². The minimum Gasteiger partial charge on any atom is -0.339 e. The van der Waals surface area contributed by atoms with Gasteiger partial charge in [0.2, 0.25) is 0 Å². The number of rotatable bonds is 1. The first kappa shape index (κ1) is 12.1. The van der Waals surface area contributed by atoms with Crippen molar-refractivity contribution in [3.8, 4) is 0 Å². The van der Waals surface area contributed by atoms with Crippen molar-refractivity contribution in [1.82, 2.24) is 4.90 Å². The largest absolute Gasteiger partial charge is 0.339 e. The van der Waals surface area contributed by atoms with Crippen molar-refractivity contribution in [2.75, 3.05) is 13.1 Å². The Labute approximate surface area is 112 Å². The summed E-state index contributed by atoms with van der Waals surface area (Å²) in [5, 5.41) is 0.00274. The number of hydrogen-bond donors (Lipinski definition) is 0. The molecular formula is C11H10ClFINO. The Bertz CT molecular complexity index is 432. The van der Waals surface area contributed by atoms with Gasteiger partial charge in [0.25, 0.3) is 5.91 Å². The number of hydrogen-bond acceptors (Lipinski definition) is 1. The van der Waals surface area contributed by atoms with Crippen LogP contribution in [0.1, 0.15) is 23.2 Å². The summed E-state index contributed by atoms with van der Waals surface area (Å²) in [4.78, 5) is 13.7. The fourth-order valence-corrected chi connectivity index (χ4v) is 2.61. The van der Waals surface area contributed by atoms with Crippen molar-refractivity contribution in [2.45, 2.75) is 12.8 Å². The van der Waals surface area contributed by atoms with Gasteiger partial charge in [-0.3, -0.25) is 4.79 Å². The second kappa shape index (κ2) is 4.87. The van der Waals surface area contributed by atoms with E-state index < -0.39 is 5.82 Å². The average Bonchev–Trinajstić information content (AvgIpc) is 2.77. The molecule has 0 N–H and O–H groups in total. The highest BCUT2D eigenvalue weighted by molar-refractivity contribution is 14.1. The van der Waals surface area contributed by atoms with Crippen LogP contribution in [0, 0.1) is 9.39 Å². The zero-order valence-corrected chi connectivity index (χ0v) is 11.4. The highest BCUT2D eigenvalue weighted by Crippen LogP contribution is 2.25. The SMILES string of the molecule is O=C(c1c(I)ccc(Cl)c1F)N1CCCC1. The van der Waals surface area contributed by atoms with Crippen LogP contribution in [0.25, 0.3) is 0 Å². The quantitative estimate of drug-likeness (QED) is 0.560. The number of nitrogens with zero attached hydrogens (tertiary/aromatic N) is 1. The molecule has 1 heterocycles. The molecule has 1 fully saturated rings. The number of halogens is 3. The summed E-state index contributed by atoms with van der Waals surface area (Å²) >= 11 is 7.65. The Hall–Kier alpha value is -0.360. The lowest BCUT2D eigenvalue weighted by molar-refractivity contribution is 0.0787. The van der Waals surface area contributed by atoms with Crippen LogP contribution in [0.2, 0.25) is 5.02 Å². The Morgan fingerprint density at radius 2 is 2.00 bits per heavy atom. The van der Waals surface area contributed by atoms with Crippen molar-refractivity contribution >= 4 is 40.1 Å². The molecule has 0 aromatic heterocycles. The molecular weight excluding hydrogens is 343 g/mol. The number of carbonyl (C=O) groups excluding carboxylic acids is 1. The van der Waals surface area contributed by atoms with E-state index in [9.17, 15) is 9.18 Å². The van der Waals surface area contributed by atoms with Gasteiger partial charge in [0.1, 0.15) is 0 Å². The first-order valence-electron chi connectivity index (χ1n) is 5.04. The Balaban J connectivity index is 2.39. The van der Waals surface area contributed by atoms with Crippen molar-refractivity contribution in [1.29, 1.82) is 0 Å². The molecule has 1 aliphatic rings. The van der Waals surface area contributed by atoms with E-state index in [-0.39, 0.29) is 16.5 Å². The third-order valence-electron chi connectivity index (χ3n) is 2.65. The lowest BCUT2D eigenvalue weighted by atomic mass is 10.2. The summed E-state index contributed by atoms with van der Waals surface area (Å²) in [5.41, 5.74) is 0.106. The minimum absolute atomic E-state index is 0.00274. The summed E-state index contributed by atoms with van der Waals surface area (Å²) in [6, 6.07) is 3.13. The molecule has 86 valence electrons. The van der Waals surface area contributed by atoms with Crippen LogP contribution in [0.3, 0.4) is 0 Å². The van der Waals surface area contributed by atoms with Gasteiger partial charge in [-0.05, 0) is 47.6 Å². The number of amides is 1. The standard InChI is InChI=1S/C11H10ClFINO/c12-7-3-4-8(14)9(10(7)13)11(16)15-5-1-2-6-15/h3-4H,1-2,5-6H2. The molecule has 2 nitrogen and oxygen atoms in total. The lowest BCUT2D eigenvalue weighted by Gasteiger charge is -2.16. The first-order valence-corrected chi connectivity index (χ1v) is 6.49. The van der Waals surface area contributed by atoms with Gasteiger partial charge in [0.05, 0.1) is 10.6 Å². The smallest absolute Gasteiger partial charge is 0.257 e. The van der Waals surface area contributed by atoms with Crippen LogP contribution >= 0.6 is 34.2 Å². The molecule has 1 aromatic carbocycles. The maximum absolute atomic E-state index is 13.8. The van der Waals surface area contributed by atoms with Gasteiger partial charge in [0, 0.05) is 16.7 Å². The zero-order valence-electron chi connectivity index (χ0n) is 8.47. The topological polar surface area (TPSA) is 20.3 Å². The summed E-state index contributed by atoms with van der Waals surface area (Å²) in [6.45, 7) is 1.42. The molecule has 16 heavy (non-hydrogen) atoms. The van der Waals surface area contributed by atoms with E-state index >= 15 is 0 Å². The lowest BCUT2D eigenvalue weighted by Crippen LogP contribution is -2.29. The fraction of sp³-hybridized carbons (Fsp3) is 0.364. The van der Waals surface area contributed by atoms with E-state index in [0.29, 0.717) is 16.7 Å². The molecule has 0 radical (unpaired) electrons. The first-order chi connectivity index (χ1) is 7.61.